The highest BCUT2D eigenvalue weighted by molar-refractivity contribution is 5.98. The van der Waals surface area contributed by atoms with Crippen molar-refractivity contribution in [3.05, 3.63) is 42.0 Å². The van der Waals surface area contributed by atoms with Crippen LogP contribution in [-0.4, -0.2) is 99.3 Å². The summed E-state index contributed by atoms with van der Waals surface area (Å²) in [7, 11) is 5.58. The number of fused-ring (bicyclic) bond motifs is 2. The lowest BCUT2D eigenvalue weighted by molar-refractivity contribution is -0.0115. The first-order chi connectivity index (χ1) is 20.6. The van der Waals surface area contributed by atoms with E-state index in [0.717, 1.165) is 24.9 Å². The van der Waals surface area contributed by atoms with E-state index in [1.54, 1.807) is 35.0 Å². The molecule has 11 nitrogen and oxygen atoms in total. The summed E-state index contributed by atoms with van der Waals surface area (Å²) in [6.07, 6.45) is 2.10. The Bertz CT molecular complexity index is 1260. The molecule has 2 aromatic rings. The first kappa shape index (κ1) is 32.2. The lowest BCUT2D eigenvalue weighted by atomic mass is 10.0. The number of anilines is 2. The molecule has 4 atom stereocenters. The average molecular weight is 599 g/mol. The number of aliphatic hydroxyl groups excluding tert-OH is 1. The number of hydrogen-bond donors (Lipinski definition) is 2. The minimum Gasteiger partial charge on any atom is -0.490 e. The molecule has 0 radical (unpaired) electrons. The Hall–Kier alpha value is -3.70. The lowest BCUT2D eigenvalue weighted by Gasteiger charge is -2.36. The number of hydrogen-bond acceptors (Lipinski definition) is 8. The second-order valence-electron chi connectivity index (χ2n) is 11.8. The highest BCUT2D eigenvalue weighted by Crippen LogP contribution is 2.34. The van der Waals surface area contributed by atoms with E-state index in [9.17, 15) is 14.7 Å². The molecule has 236 valence electrons. The second kappa shape index (κ2) is 14.7. The van der Waals surface area contributed by atoms with Crippen molar-refractivity contribution in [1.82, 2.24) is 9.80 Å². The third-order valence-electron chi connectivity index (χ3n) is 7.98. The summed E-state index contributed by atoms with van der Waals surface area (Å²) in [6, 6.07) is 10.2. The topological polar surface area (TPSA) is 113 Å². The van der Waals surface area contributed by atoms with Crippen molar-refractivity contribution < 1.29 is 33.6 Å². The molecule has 0 fully saturated rings. The second-order valence-corrected chi connectivity index (χ2v) is 11.8. The summed E-state index contributed by atoms with van der Waals surface area (Å²) in [5.41, 5.74) is 1.94. The summed E-state index contributed by atoms with van der Waals surface area (Å²) in [4.78, 5) is 32.5. The largest absolute Gasteiger partial charge is 0.490 e. The van der Waals surface area contributed by atoms with Gasteiger partial charge in [0.25, 0.3) is 5.91 Å². The van der Waals surface area contributed by atoms with Crippen LogP contribution in [0.4, 0.5) is 16.2 Å². The van der Waals surface area contributed by atoms with Crippen molar-refractivity contribution in [2.24, 2.45) is 5.92 Å². The summed E-state index contributed by atoms with van der Waals surface area (Å²) in [5.74, 6) is 1.40. The molecule has 2 aromatic carbocycles. The SMILES string of the molecule is C[C@@H]1CN([C@H](C)CO)C(=O)c2cc(N(C)C)ccc2O[C@@H](C)CCCCO[C@@H]1CN(C)C(=O)Nc1ccc2c(c1)OCO2. The minimum absolute atomic E-state index is 0.0934. The molecular formula is C32H46N4O7. The maximum Gasteiger partial charge on any atom is 0.321 e. The molecule has 2 heterocycles. The molecule has 2 aliphatic rings. The van der Waals surface area contributed by atoms with Gasteiger partial charge < -0.3 is 44.1 Å². The van der Waals surface area contributed by atoms with Crippen LogP contribution < -0.4 is 24.4 Å². The maximum absolute atomic E-state index is 14.1. The standard InChI is InChI=1S/C32H46N4O7/c1-21-17-36(22(2)19-37)31(38)26-16-25(34(4)5)11-13-27(26)43-23(3)9-7-8-14-40-30(21)18-35(6)32(39)33-24-10-12-28-29(15-24)42-20-41-28/h10-13,15-16,21-23,30,37H,7-9,14,17-20H2,1-6H3,(H,33,39)/t21-,22-,23+,30-/m1/s1. The number of benzene rings is 2. The molecule has 3 amide bonds. The predicted octanol–water partition coefficient (Wildman–Crippen LogP) is 4.44. The zero-order valence-corrected chi connectivity index (χ0v) is 26.2. The van der Waals surface area contributed by atoms with E-state index in [2.05, 4.69) is 5.32 Å². The summed E-state index contributed by atoms with van der Waals surface area (Å²) >= 11 is 0. The van der Waals surface area contributed by atoms with Crippen LogP contribution in [-0.2, 0) is 4.74 Å². The summed E-state index contributed by atoms with van der Waals surface area (Å²) < 4.78 is 23.4. The Kier molecular flexibility index (Phi) is 11.0. The van der Waals surface area contributed by atoms with Gasteiger partial charge in [0.2, 0.25) is 6.79 Å². The van der Waals surface area contributed by atoms with Crippen molar-refractivity contribution in [2.75, 3.05) is 64.5 Å². The minimum atomic E-state index is -0.441. The Morgan fingerprint density at radius 1 is 1.07 bits per heavy atom. The van der Waals surface area contributed by atoms with Gasteiger partial charge in [-0.2, -0.15) is 0 Å². The average Bonchev–Trinajstić information content (AvgIpc) is 3.45. The fraction of sp³-hybridized carbons (Fsp3) is 0.562. The zero-order valence-electron chi connectivity index (χ0n) is 26.2. The highest BCUT2D eigenvalue weighted by Gasteiger charge is 2.31. The van der Waals surface area contributed by atoms with Crippen LogP contribution in [0.3, 0.4) is 0 Å². The molecule has 4 rings (SSSR count). The van der Waals surface area contributed by atoms with Crippen LogP contribution in [0.1, 0.15) is 50.4 Å². The first-order valence-corrected chi connectivity index (χ1v) is 15.0. The number of nitrogens with zero attached hydrogens (tertiary/aromatic N) is 3. The molecule has 43 heavy (non-hydrogen) atoms. The first-order valence-electron chi connectivity index (χ1n) is 15.0. The molecule has 0 spiro atoms. The van der Waals surface area contributed by atoms with Crippen LogP contribution in [0.25, 0.3) is 0 Å². The van der Waals surface area contributed by atoms with Gasteiger partial charge in [0.05, 0.1) is 30.4 Å². The van der Waals surface area contributed by atoms with E-state index in [0.29, 0.717) is 48.2 Å². The van der Waals surface area contributed by atoms with Crippen molar-refractivity contribution in [2.45, 2.75) is 58.3 Å². The lowest BCUT2D eigenvalue weighted by Crippen LogP contribution is -2.48. The number of amides is 3. The molecule has 11 heteroatoms. The van der Waals surface area contributed by atoms with E-state index >= 15 is 0 Å². The van der Waals surface area contributed by atoms with Crippen LogP contribution in [0.15, 0.2) is 36.4 Å². The third kappa shape index (κ3) is 8.23. The number of ether oxygens (including phenoxy) is 4. The fourth-order valence-electron chi connectivity index (χ4n) is 5.20. The molecule has 2 N–H and O–H groups in total. The number of urea groups is 1. The molecule has 0 aliphatic carbocycles. The van der Waals surface area contributed by atoms with Gasteiger partial charge in [-0.25, -0.2) is 4.79 Å². The molecule has 0 saturated heterocycles. The summed E-state index contributed by atoms with van der Waals surface area (Å²) in [5, 5.41) is 13.0. The van der Waals surface area contributed by atoms with Crippen molar-refractivity contribution in [3.8, 4) is 17.2 Å². The summed E-state index contributed by atoms with van der Waals surface area (Å²) in [6.45, 7) is 6.97. The van der Waals surface area contributed by atoms with E-state index < -0.39 is 6.04 Å². The number of aliphatic hydroxyl groups is 1. The molecule has 0 bridgehead atoms. The number of likely N-dealkylation sites (N-methyl/N-ethyl adjacent to an activating group) is 1. The van der Waals surface area contributed by atoms with Crippen LogP contribution >= 0.6 is 0 Å². The van der Waals surface area contributed by atoms with Gasteiger partial charge in [-0.1, -0.05) is 6.92 Å². The van der Waals surface area contributed by atoms with Gasteiger partial charge in [0.1, 0.15) is 5.75 Å². The van der Waals surface area contributed by atoms with E-state index in [-0.39, 0.29) is 43.5 Å². The molecule has 0 saturated carbocycles. The van der Waals surface area contributed by atoms with Crippen molar-refractivity contribution in [1.29, 1.82) is 0 Å². The Morgan fingerprint density at radius 3 is 2.56 bits per heavy atom. The third-order valence-corrected chi connectivity index (χ3v) is 7.98. The van der Waals surface area contributed by atoms with Gasteiger partial charge in [-0.05, 0) is 63.4 Å². The quantitative estimate of drug-likeness (QED) is 0.502. The molecule has 0 aromatic heterocycles. The maximum atomic E-state index is 14.1. The number of carbonyl (C=O) groups is 2. The van der Waals surface area contributed by atoms with E-state index in [1.807, 2.05) is 58.0 Å². The molecule has 2 aliphatic heterocycles. The predicted molar refractivity (Wildman–Crippen MR) is 165 cm³/mol. The van der Waals surface area contributed by atoms with Gasteiger partial charge in [-0.15, -0.1) is 0 Å². The van der Waals surface area contributed by atoms with Gasteiger partial charge in [-0.3, -0.25) is 4.79 Å². The smallest absolute Gasteiger partial charge is 0.321 e. The Morgan fingerprint density at radius 2 is 1.81 bits per heavy atom. The highest BCUT2D eigenvalue weighted by atomic mass is 16.7. The van der Waals surface area contributed by atoms with E-state index in [1.165, 1.54) is 0 Å². The number of carbonyl (C=O) groups excluding carboxylic acids is 2. The molecular weight excluding hydrogens is 552 g/mol. The Balaban J connectivity index is 1.55. The van der Waals surface area contributed by atoms with Crippen molar-refractivity contribution >= 4 is 23.3 Å². The van der Waals surface area contributed by atoms with Crippen LogP contribution in [0.2, 0.25) is 0 Å². The zero-order chi connectivity index (χ0) is 31.1. The van der Waals surface area contributed by atoms with E-state index in [4.69, 9.17) is 18.9 Å². The number of rotatable bonds is 6. The Labute approximate surface area is 254 Å². The molecule has 0 unspecified atom stereocenters. The normalized spacial score (nSPS) is 21.7. The number of nitrogens with one attached hydrogen (secondary N) is 1. The van der Waals surface area contributed by atoms with Crippen LogP contribution in [0, 0.1) is 5.92 Å². The van der Waals surface area contributed by atoms with Gasteiger partial charge >= 0.3 is 6.03 Å². The van der Waals surface area contributed by atoms with Crippen molar-refractivity contribution in [3.63, 3.8) is 0 Å². The van der Waals surface area contributed by atoms with Crippen LogP contribution in [0.5, 0.6) is 17.2 Å². The van der Waals surface area contributed by atoms with Gasteiger partial charge in [0.15, 0.2) is 11.5 Å². The fourth-order valence-corrected chi connectivity index (χ4v) is 5.20. The monoisotopic (exact) mass is 598 g/mol. The van der Waals surface area contributed by atoms with Gasteiger partial charge in [0, 0.05) is 64.2 Å².